The zero-order chi connectivity index (χ0) is 20.1. The van der Waals surface area contributed by atoms with Gasteiger partial charge in [-0.1, -0.05) is 30.3 Å². The predicted octanol–water partition coefficient (Wildman–Crippen LogP) is 4.67. The van der Waals surface area contributed by atoms with Crippen LogP contribution in [0.15, 0.2) is 84.5 Å². The van der Waals surface area contributed by atoms with Gasteiger partial charge in [-0.2, -0.15) is 5.10 Å². The molecular weight excluding hydrogens is 380 g/mol. The molecule has 0 saturated heterocycles. The number of benzene rings is 1. The normalized spacial score (nSPS) is 11.1. The number of likely N-dealkylation sites (N-methyl/N-ethyl adjacent to an activating group) is 1. The first-order valence-corrected chi connectivity index (χ1v) is 10.1. The maximum atomic E-state index is 12.6. The number of aromatic nitrogens is 3. The molecule has 0 N–H and O–H groups in total. The van der Waals surface area contributed by atoms with E-state index in [1.807, 2.05) is 83.0 Å². The average Bonchev–Trinajstić information content (AvgIpc) is 3.43. The molecule has 0 saturated carbocycles. The lowest BCUT2D eigenvalue weighted by Gasteiger charge is -2.14. The Morgan fingerprint density at radius 2 is 1.93 bits per heavy atom. The van der Waals surface area contributed by atoms with Crippen LogP contribution in [0.4, 0.5) is 0 Å². The third-order valence-corrected chi connectivity index (χ3v) is 5.30. The molecule has 5 nitrogen and oxygen atoms in total. The van der Waals surface area contributed by atoms with Crippen molar-refractivity contribution in [2.75, 3.05) is 7.05 Å². The Hall–Kier alpha value is -3.51. The summed E-state index contributed by atoms with van der Waals surface area (Å²) in [6, 6.07) is 19.7. The summed E-state index contributed by atoms with van der Waals surface area (Å²) in [4.78, 5) is 19.6. The average molecular weight is 401 g/mol. The lowest BCUT2D eigenvalue weighted by Crippen LogP contribution is -2.24. The summed E-state index contributed by atoms with van der Waals surface area (Å²) >= 11 is 1.63. The first kappa shape index (κ1) is 18.8. The maximum absolute atomic E-state index is 12.6. The second-order valence-corrected chi connectivity index (χ2v) is 7.49. The summed E-state index contributed by atoms with van der Waals surface area (Å²) in [5.41, 5.74) is 3.59. The van der Waals surface area contributed by atoms with Gasteiger partial charge in [0.2, 0.25) is 5.91 Å². The third-order valence-electron chi connectivity index (χ3n) is 4.42. The van der Waals surface area contributed by atoms with Gasteiger partial charge in [0.15, 0.2) is 0 Å². The van der Waals surface area contributed by atoms with Gasteiger partial charge in [0.05, 0.1) is 22.8 Å². The highest BCUT2D eigenvalue weighted by atomic mass is 32.1. The molecule has 4 rings (SSSR count). The van der Waals surface area contributed by atoms with E-state index in [0.717, 1.165) is 27.5 Å². The number of nitrogens with zero attached hydrogens (tertiary/aromatic N) is 4. The minimum absolute atomic E-state index is 0.0831. The van der Waals surface area contributed by atoms with E-state index in [-0.39, 0.29) is 5.91 Å². The molecule has 0 unspecified atom stereocenters. The number of hydrogen-bond donors (Lipinski definition) is 0. The summed E-state index contributed by atoms with van der Waals surface area (Å²) in [5.74, 6) is -0.0831. The van der Waals surface area contributed by atoms with E-state index in [0.29, 0.717) is 6.54 Å². The molecule has 0 aliphatic heterocycles. The molecule has 1 amide bonds. The summed E-state index contributed by atoms with van der Waals surface area (Å²) < 4.78 is 1.84. The number of rotatable bonds is 6. The van der Waals surface area contributed by atoms with Crippen molar-refractivity contribution in [2.24, 2.45) is 0 Å². The first-order chi connectivity index (χ1) is 14.2. The Labute approximate surface area is 173 Å². The zero-order valence-corrected chi connectivity index (χ0v) is 16.8. The van der Waals surface area contributed by atoms with Crippen LogP contribution in [0, 0.1) is 0 Å². The van der Waals surface area contributed by atoms with Gasteiger partial charge >= 0.3 is 0 Å². The van der Waals surface area contributed by atoms with Crippen LogP contribution in [-0.2, 0) is 11.3 Å². The van der Waals surface area contributed by atoms with Gasteiger partial charge in [0.1, 0.15) is 5.69 Å². The summed E-state index contributed by atoms with van der Waals surface area (Å²) in [5, 5.41) is 6.78. The van der Waals surface area contributed by atoms with Gasteiger partial charge in [0.25, 0.3) is 0 Å². The van der Waals surface area contributed by atoms with Crippen molar-refractivity contribution < 1.29 is 4.79 Å². The standard InChI is InChI=1S/C23H20N4OS/c1-26(17-19-8-5-6-14-24-19)22(28)13-12-18-16-27(20-9-3-2-4-10-20)25-23(18)21-11-7-15-29-21/h2-16H,17H2,1H3. The molecule has 3 aromatic heterocycles. The molecule has 0 fully saturated rings. The molecule has 0 atom stereocenters. The molecule has 6 heteroatoms. The van der Waals surface area contributed by atoms with Crippen molar-refractivity contribution in [3.05, 3.63) is 95.8 Å². The van der Waals surface area contributed by atoms with Crippen molar-refractivity contribution in [3.63, 3.8) is 0 Å². The van der Waals surface area contributed by atoms with Crippen LogP contribution in [0.25, 0.3) is 22.3 Å². The number of amides is 1. The van der Waals surface area contributed by atoms with Gasteiger partial charge in [-0.3, -0.25) is 9.78 Å². The summed E-state index contributed by atoms with van der Waals surface area (Å²) in [6.07, 6.45) is 7.10. The van der Waals surface area contributed by atoms with E-state index in [9.17, 15) is 4.79 Å². The third kappa shape index (κ3) is 4.50. The lowest BCUT2D eigenvalue weighted by molar-refractivity contribution is -0.125. The quantitative estimate of drug-likeness (QED) is 0.442. The molecule has 1 aromatic carbocycles. The van der Waals surface area contributed by atoms with Gasteiger partial charge < -0.3 is 4.90 Å². The summed E-state index contributed by atoms with van der Waals surface area (Å²) in [7, 11) is 1.77. The van der Waals surface area contributed by atoms with Crippen LogP contribution in [0.5, 0.6) is 0 Å². The molecule has 144 valence electrons. The van der Waals surface area contributed by atoms with Crippen LogP contribution < -0.4 is 0 Å². The maximum Gasteiger partial charge on any atom is 0.246 e. The number of para-hydroxylation sites is 1. The van der Waals surface area contributed by atoms with Crippen molar-refractivity contribution in [1.29, 1.82) is 0 Å². The van der Waals surface area contributed by atoms with E-state index in [2.05, 4.69) is 4.98 Å². The highest BCUT2D eigenvalue weighted by molar-refractivity contribution is 7.13. The Bertz CT molecular complexity index is 1100. The second-order valence-electron chi connectivity index (χ2n) is 6.54. The minimum Gasteiger partial charge on any atom is -0.336 e. The number of carbonyl (C=O) groups is 1. The number of pyridine rings is 1. The van der Waals surface area contributed by atoms with E-state index >= 15 is 0 Å². The molecule has 29 heavy (non-hydrogen) atoms. The Morgan fingerprint density at radius 1 is 1.10 bits per heavy atom. The number of carbonyl (C=O) groups excluding carboxylic acids is 1. The fraction of sp³-hybridized carbons (Fsp3) is 0.0870. The molecule has 0 bridgehead atoms. The van der Waals surface area contributed by atoms with Crippen LogP contribution in [0.3, 0.4) is 0 Å². The Morgan fingerprint density at radius 3 is 2.66 bits per heavy atom. The van der Waals surface area contributed by atoms with Crippen molar-refractivity contribution >= 4 is 23.3 Å². The second kappa shape index (κ2) is 8.67. The molecule has 0 aliphatic carbocycles. The van der Waals surface area contributed by atoms with Crippen molar-refractivity contribution in [3.8, 4) is 16.3 Å². The SMILES string of the molecule is CN(Cc1ccccn1)C(=O)C=Cc1cn(-c2ccccc2)nc1-c1cccs1. The molecule has 3 heterocycles. The Kier molecular flexibility index (Phi) is 5.63. The van der Waals surface area contributed by atoms with Gasteiger partial charge in [-0.05, 0) is 41.8 Å². The van der Waals surface area contributed by atoms with Crippen molar-refractivity contribution in [1.82, 2.24) is 19.7 Å². The smallest absolute Gasteiger partial charge is 0.246 e. The fourth-order valence-corrected chi connectivity index (χ4v) is 3.66. The topological polar surface area (TPSA) is 51.0 Å². The highest BCUT2D eigenvalue weighted by Gasteiger charge is 2.12. The van der Waals surface area contributed by atoms with Crippen LogP contribution in [0.2, 0.25) is 0 Å². The lowest BCUT2D eigenvalue weighted by atomic mass is 10.2. The van der Waals surface area contributed by atoms with Gasteiger partial charge in [0, 0.05) is 31.1 Å². The highest BCUT2D eigenvalue weighted by Crippen LogP contribution is 2.28. The fourth-order valence-electron chi connectivity index (χ4n) is 2.93. The van der Waals surface area contributed by atoms with Gasteiger partial charge in [-0.25, -0.2) is 4.68 Å². The zero-order valence-electron chi connectivity index (χ0n) is 16.0. The summed E-state index contributed by atoms with van der Waals surface area (Å²) in [6.45, 7) is 0.463. The molecule has 4 aromatic rings. The number of hydrogen-bond acceptors (Lipinski definition) is 4. The van der Waals surface area contributed by atoms with E-state index in [1.54, 1.807) is 35.6 Å². The van der Waals surface area contributed by atoms with E-state index < -0.39 is 0 Å². The van der Waals surface area contributed by atoms with Crippen LogP contribution in [-0.4, -0.2) is 32.6 Å². The molecular formula is C23H20N4OS. The predicted molar refractivity (Wildman–Crippen MR) is 117 cm³/mol. The number of thiophene rings is 1. The Balaban J connectivity index is 1.58. The largest absolute Gasteiger partial charge is 0.336 e. The van der Waals surface area contributed by atoms with E-state index in [4.69, 9.17) is 5.10 Å². The molecule has 0 spiro atoms. The van der Waals surface area contributed by atoms with Crippen LogP contribution >= 0.6 is 11.3 Å². The molecule has 0 radical (unpaired) electrons. The van der Waals surface area contributed by atoms with Gasteiger partial charge in [-0.15, -0.1) is 11.3 Å². The first-order valence-electron chi connectivity index (χ1n) is 9.23. The van der Waals surface area contributed by atoms with Crippen LogP contribution in [0.1, 0.15) is 11.3 Å². The molecule has 0 aliphatic rings. The van der Waals surface area contributed by atoms with E-state index in [1.165, 1.54) is 0 Å². The van der Waals surface area contributed by atoms with Crippen molar-refractivity contribution in [2.45, 2.75) is 6.54 Å². The minimum atomic E-state index is -0.0831. The monoisotopic (exact) mass is 400 g/mol.